The Morgan fingerprint density at radius 1 is 1.50 bits per heavy atom. The molecule has 1 saturated heterocycles. The maximum atomic E-state index is 5.98. The van der Waals surface area contributed by atoms with Gasteiger partial charge in [-0.1, -0.05) is 24.2 Å². The van der Waals surface area contributed by atoms with Crippen LogP contribution in [-0.2, 0) is 0 Å². The summed E-state index contributed by atoms with van der Waals surface area (Å²) in [4.78, 5) is 2.32. The second-order valence-corrected chi connectivity index (χ2v) is 4.69. The van der Waals surface area contributed by atoms with Crippen molar-refractivity contribution in [3.63, 3.8) is 0 Å². The van der Waals surface area contributed by atoms with Crippen molar-refractivity contribution in [1.29, 1.82) is 0 Å². The number of hydrogen-bond acceptors (Lipinski definition) is 4. The van der Waals surface area contributed by atoms with Crippen LogP contribution < -0.4 is 4.90 Å². The van der Waals surface area contributed by atoms with E-state index in [1.54, 1.807) is 16.8 Å². The highest BCUT2D eigenvalue weighted by atomic mass is 35.5. The molecule has 1 aromatic rings. The van der Waals surface area contributed by atoms with Gasteiger partial charge in [0.1, 0.15) is 5.51 Å². The van der Waals surface area contributed by atoms with Crippen LogP contribution in [-0.4, -0.2) is 28.7 Å². The lowest BCUT2D eigenvalue weighted by Crippen LogP contribution is -2.36. The van der Waals surface area contributed by atoms with Crippen molar-refractivity contribution in [3.05, 3.63) is 5.51 Å². The smallest absolute Gasteiger partial charge is 0.208 e. The minimum atomic E-state index is 0.451. The molecule has 78 valence electrons. The third kappa shape index (κ3) is 2.17. The average Bonchev–Trinajstić information content (AvgIpc) is 2.63. The first-order valence-electron chi connectivity index (χ1n) is 5.00. The fourth-order valence-corrected chi connectivity index (χ4v) is 2.86. The number of nitrogens with zero attached hydrogens (tertiary/aromatic N) is 3. The first-order chi connectivity index (χ1) is 6.92. The summed E-state index contributed by atoms with van der Waals surface area (Å²) in [5.41, 5.74) is 1.78. The standard InChI is InChI=1S/C9H14ClN3S/c10-6-8-4-2-1-3-5-13(8)9-12-11-7-14-9/h7-8H,1-6H2. The fraction of sp³-hybridized carbons (Fsp3) is 0.778. The van der Waals surface area contributed by atoms with Crippen LogP contribution in [0.5, 0.6) is 0 Å². The Balaban J connectivity index is 2.12. The molecule has 5 heteroatoms. The average molecular weight is 232 g/mol. The summed E-state index contributed by atoms with van der Waals surface area (Å²) >= 11 is 7.58. The van der Waals surface area contributed by atoms with Gasteiger partial charge >= 0.3 is 0 Å². The largest absolute Gasteiger partial charge is 0.342 e. The first-order valence-corrected chi connectivity index (χ1v) is 6.42. The second-order valence-electron chi connectivity index (χ2n) is 3.57. The predicted octanol–water partition coefficient (Wildman–Crippen LogP) is 2.53. The maximum Gasteiger partial charge on any atom is 0.208 e. The third-order valence-corrected chi connectivity index (χ3v) is 3.73. The molecule has 3 nitrogen and oxygen atoms in total. The summed E-state index contributed by atoms with van der Waals surface area (Å²) in [5, 5.41) is 9.02. The summed E-state index contributed by atoms with van der Waals surface area (Å²) in [5.74, 6) is 0.694. The molecule has 1 aromatic heterocycles. The summed E-state index contributed by atoms with van der Waals surface area (Å²) < 4.78 is 0. The molecule has 0 spiro atoms. The van der Waals surface area contributed by atoms with E-state index in [1.165, 1.54) is 25.7 Å². The molecular formula is C9H14ClN3S. The minimum absolute atomic E-state index is 0.451. The number of aromatic nitrogens is 2. The van der Waals surface area contributed by atoms with Gasteiger partial charge in [0.05, 0.1) is 0 Å². The lowest BCUT2D eigenvalue weighted by molar-refractivity contribution is 0.618. The van der Waals surface area contributed by atoms with Crippen molar-refractivity contribution in [2.24, 2.45) is 0 Å². The lowest BCUT2D eigenvalue weighted by Gasteiger charge is -2.27. The monoisotopic (exact) mass is 231 g/mol. The van der Waals surface area contributed by atoms with Crippen LogP contribution >= 0.6 is 22.9 Å². The summed E-state index contributed by atoms with van der Waals surface area (Å²) in [6.07, 6.45) is 5.02. The number of anilines is 1. The van der Waals surface area contributed by atoms with Gasteiger partial charge in [-0.05, 0) is 12.8 Å². The molecule has 2 rings (SSSR count). The highest BCUT2D eigenvalue weighted by molar-refractivity contribution is 7.13. The second kappa shape index (κ2) is 4.94. The molecule has 0 aromatic carbocycles. The van der Waals surface area contributed by atoms with Crippen LogP contribution in [0.3, 0.4) is 0 Å². The molecule has 1 fully saturated rings. The Labute approximate surface area is 93.1 Å². The Kier molecular flexibility index (Phi) is 3.59. The quantitative estimate of drug-likeness (QED) is 0.733. The lowest BCUT2D eigenvalue weighted by atomic mass is 10.1. The highest BCUT2D eigenvalue weighted by Gasteiger charge is 2.22. The zero-order chi connectivity index (χ0) is 9.80. The van der Waals surface area contributed by atoms with E-state index in [0.29, 0.717) is 11.9 Å². The van der Waals surface area contributed by atoms with Crippen LogP contribution in [0.4, 0.5) is 5.13 Å². The SMILES string of the molecule is ClCC1CCCCCN1c1nncs1. The molecule has 1 aliphatic heterocycles. The van der Waals surface area contributed by atoms with Gasteiger partial charge in [-0.25, -0.2) is 0 Å². The minimum Gasteiger partial charge on any atom is -0.342 e. The fourth-order valence-electron chi connectivity index (χ4n) is 1.88. The molecule has 1 atom stereocenters. The molecular weight excluding hydrogens is 218 g/mol. The molecule has 0 amide bonds. The molecule has 0 radical (unpaired) electrons. The van der Waals surface area contributed by atoms with Crippen LogP contribution in [0.2, 0.25) is 0 Å². The van der Waals surface area contributed by atoms with Gasteiger partial charge in [0.2, 0.25) is 5.13 Å². The van der Waals surface area contributed by atoms with Gasteiger partial charge in [0.15, 0.2) is 0 Å². The number of hydrogen-bond donors (Lipinski definition) is 0. The van der Waals surface area contributed by atoms with E-state index in [0.717, 1.165) is 11.7 Å². The van der Waals surface area contributed by atoms with Crippen molar-refractivity contribution in [2.75, 3.05) is 17.3 Å². The number of halogens is 1. The molecule has 0 bridgehead atoms. The van der Waals surface area contributed by atoms with Crippen LogP contribution in [0.15, 0.2) is 5.51 Å². The van der Waals surface area contributed by atoms with E-state index in [4.69, 9.17) is 11.6 Å². The molecule has 0 N–H and O–H groups in total. The van der Waals surface area contributed by atoms with Gasteiger partial charge in [0, 0.05) is 18.5 Å². The van der Waals surface area contributed by atoms with Gasteiger partial charge in [-0.3, -0.25) is 0 Å². The Morgan fingerprint density at radius 3 is 3.14 bits per heavy atom. The highest BCUT2D eigenvalue weighted by Crippen LogP contribution is 2.25. The van der Waals surface area contributed by atoms with E-state index in [-0.39, 0.29) is 0 Å². The normalized spacial score (nSPS) is 23.5. The third-order valence-electron chi connectivity index (χ3n) is 2.65. The first kappa shape index (κ1) is 10.2. The topological polar surface area (TPSA) is 29.0 Å². The van der Waals surface area contributed by atoms with Crippen LogP contribution in [0.1, 0.15) is 25.7 Å². The zero-order valence-corrected chi connectivity index (χ0v) is 9.60. The zero-order valence-electron chi connectivity index (χ0n) is 8.03. The molecule has 14 heavy (non-hydrogen) atoms. The van der Waals surface area contributed by atoms with E-state index in [2.05, 4.69) is 15.1 Å². The van der Waals surface area contributed by atoms with Crippen molar-refractivity contribution in [1.82, 2.24) is 10.2 Å². The van der Waals surface area contributed by atoms with E-state index in [9.17, 15) is 0 Å². The van der Waals surface area contributed by atoms with E-state index >= 15 is 0 Å². The molecule has 1 unspecified atom stereocenters. The van der Waals surface area contributed by atoms with Gasteiger partial charge < -0.3 is 4.90 Å². The van der Waals surface area contributed by atoms with Crippen LogP contribution in [0, 0.1) is 0 Å². The Morgan fingerprint density at radius 2 is 2.43 bits per heavy atom. The van der Waals surface area contributed by atoms with Crippen LogP contribution in [0.25, 0.3) is 0 Å². The summed E-state index contributed by atoms with van der Waals surface area (Å²) in [6, 6.07) is 0.451. The van der Waals surface area contributed by atoms with Crippen molar-refractivity contribution >= 4 is 28.1 Å². The van der Waals surface area contributed by atoms with Gasteiger partial charge in [0.25, 0.3) is 0 Å². The van der Waals surface area contributed by atoms with Crippen molar-refractivity contribution in [2.45, 2.75) is 31.7 Å². The summed E-state index contributed by atoms with van der Waals surface area (Å²) in [6.45, 7) is 1.08. The number of alkyl halides is 1. The summed E-state index contributed by atoms with van der Waals surface area (Å²) in [7, 11) is 0. The molecule has 2 heterocycles. The van der Waals surface area contributed by atoms with E-state index in [1.807, 2.05) is 0 Å². The predicted molar refractivity (Wildman–Crippen MR) is 60.2 cm³/mol. The number of rotatable bonds is 2. The van der Waals surface area contributed by atoms with Crippen molar-refractivity contribution < 1.29 is 0 Å². The van der Waals surface area contributed by atoms with Crippen molar-refractivity contribution in [3.8, 4) is 0 Å². The maximum absolute atomic E-state index is 5.98. The molecule has 0 aliphatic carbocycles. The molecule has 0 saturated carbocycles. The van der Waals surface area contributed by atoms with Gasteiger partial charge in [-0.15, -0.1) is 21.8 Å². The van der Waals surface area contributed by atoms with E-state index < -0.39 is 0 Å². The molecule has 1 aliphatic rings. The Hall–Kier alpha value is -0.350. The Bertz CT molecular complexity index is 265. The van der Waals surface area contributed by atoms with Gasteiger partial charge in [-0.2, -0.15) is 0 Å².